The highest BCUT2D eigenvalue weighted by Gasteiger charge is 2.13. The van der Waals surface area contributed by atoms with Gasteiger partial charge in [0, 0.05) is 16.7 Å². The number of nitrogens with one attached hydrogen (secondary N) is 1. The number of aromatic nitrogens is 3. The number of pyridine rings is 1. The van der Waals surface area contributed by atoms with Gasteiger partial charge in [-0.1, -0.05) is 23.8 Å². The van der Waals surface area contributed by atoms with Gasteiger partial charge in [0.15, 0.2) is 0 Å². The maximum atomic E-state index is 12.4. The molecule has 0 radical (unpaired) electrons. The number of nitrogens with two attached hydrogens (primary N) is 1. The van der Waals surface area contributed by atoms with Crippen molar-refractivity contribution < 1.29 is 14.0 Å². The predicted octanol–water partition coefficient (Wildman–Crippen LogP) is 3.46. The molecule has 3 N–H and O–H groups in total. The van der Waals surface area contributed by atoms with Gasteiger partial charge in [0.05, 0.1) is 0 Å². The van der Waals surface area contributed by atoms with E-state index in [-0.39, 0.29) is 17.4 Å². The van der Waals surface area contributed by atoms with Crippen LogP contribution >= 0.6 is 0 Å². The van der Waals surface area contributed by atoms with Crippen molar-refractivity contribution in [2.24, 2.45) is 5.73 Å². The Kier molecular flexibility index (Phi) is 5.04. The highest BCUT2D eigenvalue weighted by Crippen LogP contribution is 2.24. The molecule has 0 fully saturated rings. The number of carbonyl (C=O) groups excluding carboxylic acids is 2. The summed E-state index contributed by atoms with van der Waals surface area (Å²) in [7, 11) is 0. The first kappa shape index (κ1) is 19.0. The molecule has 2 amide bonds. The molecule has 0 aliphatic heterocycles. The minimum atomic E-state index is -0.667. The third-order valence-electron chi connectivity index (χ3n) is 4.33. The Hall–Kier alpha value is -4.33. The third kappa shape index (κ3) is 4.07. The summed E-state index contributed by atoms with van der Waals surface area (Å²) in [5.41, 5.74) is 8.31. The summed E-state index contributed by atoms with van der Waals surface area (Å²) in [6.07, 6.45) is 0. The van der Waals surface area contributed by atoms with E-state index in [4.69, 9.17) is 10.2 Å². The normalized spacial score (nSPS) is 10.6. The molecular weight excluding hydrogens is 382 g/mol. The highest BCUT2D eigenvalue weighted by molar-refractivity contribution is 6.04. The summed E-state index contributed by atoms with van der Waals surface area (Å²) in [5, 5.41) is 10.8. The van der Waals surface area contributed by atoms with Crippen LogP contribution in [0.5, 0.6) is 0 Å². The van der Waals surface area contributed by atoms with Gasteiger partial charge in [-0.05, 0) is 55.5 Å². The number of hydrogen-bond donors (Lipinski definition) is 2. The van der Waals surface area contributed by atoms with Crippen molar-refractivity contribution in [2.75, 3.05) is 5.32 Å². The van der Waals surface area contributed by atoms with Crippen LogP contribution in [0.25, 0.3) is 22.9 Å². The second kappa shape index (κ2) is 7.96. The topological polar surface area (TPSA) is 124 Å². The zero-order valence-electron chi connectivity index (χ0n) is 16.0. The molecule has 8 nitrogen and oxygen atoms in total. The average Bonchev–Trinajstić information content (AvgIpc) is 3.24. The first-order valence-electron chi connectivity index (χ1n) is 9.09. The molecule has 2 aromatic heterocycles. The third-order valence-corrected chi connectivity index (χ3v) is 4.33. The molecule has 148 valence electrons. The van der Waals surface area contributed by atoms with Crippen LogP contribution in [0.4, 0.5) is 5.82 Å². The van der Waals surface area contributed by atoms with Gasteiger partial charge in [-0.3, -0.25) is 9.59 Å². The Bertz CT molecular complexity index is 1230. The number of amides is 2. The van der Waals surface area contributed by atoms with Gasteiger partial charge in [0.2, 0.25) is 11.8 Å². The second-order valence-electron chi connectivity index (χ2n) is 6.59. The molecule has 0 spiro atoms. The van der Waals surface area contributed by atoms with Crippen LogP contribution in [0, 0.1) is 6.92 Å². The zero-order valence-corrected chi connectivity index (χ0v) is 16.0. The zero-order chi connectivity index (χ0) is 21.1. The molecule has 0 atom stereocenters. The minimum Gasteiger partial charge on any atom is -0.416 e. The summed E-state index contributed by atoms with van der Waals surface area (Å²) in [4.78, 5) is 27.7. The number of nitrogens with zero attached hydrogens (tertiary/aromatic N) is 3. The fourth-order valence-electron chi connectivity index (χ4n) is 2.83. The van der Waals surface area contributed by atoms with Gasteiger partial charge in [-0.25, -0.2) is 4.98 Å². The average molecular weight is 399 g/mol. The molecule has 4 aromatic rings. The van der Waals surface area contributed by atoms with Crippen LogP contribution in [0.15, 0.2) is 71.1 Å². The SMILES string of the molecule is Cc1cccc(-c2nnc(-c3ccc(C(=O)Nc4cccc(C(N)=O)n4)cc3)o2)c1. The molecule has 4 rings (SSSR count). The minimum absolute atomic E-state index is 0.0731. The number of primary amides is 1. The van der Waals surface area contributed by atoms with Crippen LogP contribution in [-0.4, -0.2) is 27.0 Å². The van der Waals surface area contributed by atoms with E-state index in [2.05, 4.69) is 20.5 Å². The molecule has 0 unspecified atom stereocenters. The standard InChI is InChI=1S/C22H17N5O3/c1-13-4-2-5-16(12-13)22-27-26-21(30-22)15-10-8-14(9-11-15)20(29)25-18-7-3-6-17(24-18)19(23)28/h2-12H,1H3,(H2,23,28)(H,24,25,29). The van der Waals surface area contributed by atoms with Crippen molar-refractivity contribution in [2.45, 2.75) is 6.92 Å². The Morgan fingerprint density at radius 1 is 0.900 bits per heavy atom. The van der Waals surface area contributed by atoms with Crippen molar-refractivity contribution in [3.63, 3.8) is 0 Å². The fourth-order valence-corrected chi connectivity index (χ4v) is 2.83. The van der Waals surface area contributed by atoms with Gasteiger partial charge >= 0.3 is 0 Å². The van der Waals surface area contributed by atoms with E-state index in [9.17, 15) is 9.59 Å². The molecule has 0 aliphatic rings. The molecular formula is C22H17N5O3. The Morgan fingerprint density at radius 2 is 1.60 bits per heavy atom. The van der Waals surface area contributed by atoms with Crippen molar-refractivity contribution >= 4 is 17.6 Å². The van der Waals surface area contributed by atoms with E-state index in [0.29, 0.717) is 22.9 Å². The molecule has 0 saturated carbocycles. The van der Waals surface area contributed by atoms with Crippen molar-refractivity contribution in [3.05, 3.63) is 83.6 Å². The highest BCUT2D eigenvalue weighted by atomic mass is 16.4. The summed E-state index contributed by atoms with van der Waals surface area (Å²) < 4.78 is 5.77. The fraction of sp³-hybridized carbons (Fsp3) is 0.0455. The maximum Gasteiger partial charge on any atom is 0.267 e. The Labute approximate surface area is 171 Å². The van der Waals surface area contributed by atoms with E-state index >= 15 is 0 Å². The largest absolute Gasteiger partial charge is 0.416 e. The quantitative estimate of drug-likeness (QED) is 0.530. The molecule has 2 aromatic carbocycles. The Morgan fingerprint density at radius 3 is 2.30 bits per heavy atom. The predicted molar refractivity (Wildman–Crippen MR) is 111 cm³/mol. The monoisotopic (exact) mass is 399 g/mol. The summed E-state index contributed by atoms with van der Waals surface area (Å²) in [6.45, 7) is 1.99. The lowest BCUT2D eigenvalue weighted by Crippen LogP contribution is -2.16. The van der Waals surface area contributed by atoms with Gasteiger partial charge < -0.3 is 15.5 Å². The van der Waals surface area contributed by atoms with Crippen LogP contribution in [0.3, 0.4) is 0 Å². The maximum absolute atomic E-state index is 12.4. The van der Waals surface area contributed by atoms with Crippen molar-refractivity contribution in [1.82, 2.24) is 15.2 Å². The number of benzene rings is 2. The van der Waals surface area contributed by atoms with Gasteiger partial charge in [-0.2, -0.15) is 0 Å². The van der Waals surface area contributed by atoms with Crippen LogP contribution in [0.1, 0.15) is 26.4 Å². The molecule has 8 heteroatoms. The van der Waals surface area contributed by atoms with Gasteiger partial charge in [0.1, 0.15) is 11.5 Å². The lowest BCUT2D eigenvalue weighted by atomic mass is 10.1. The van der Waals surface area contributed by atoms with Crippen LogP contribution in [0.2, 0.25) is 0 Å². The lowest BCUT2D eigenvalue weighted by molar-refractivity contribution is 0.0991. The van der Waals surface area contributed by atoms with E-state index in [1.54, 1.807) is 36.4 Å². The molecule has 0 aliphatic carbocycles. The number of hydrogen-bond acceptors (Lipinski definition) is 6. The van der Waals surface area contributed by atoms with Gasteiger partial charge in [0.25, 0.3) is 11.8 Å². The molecule has 2 heterocycles. The van der Waals surface area contributed by atoms with Crippen molar-refractivity contribution in [3.8, 4) is 22.9 Å². The van der Waals surface area contributed by atoms with E-state index in [1.807, 2.05) is 31.2 Å². The molecule has 0 bridgehead atoms. The number of rotatable bonds is 5. The van der Waals surface area contributed by atoms with Crippen LogP contribution < -0.4 is 11.1 Å². The second-order valence-corrected chi connectivity index (χ2v) is 6.59. The first-order valence-corrected chi connectivity index (χ1v) is 9.09. The first-order chi connectivity index (χ1) is 14.5. The summed E-state index contributed by atoms with van der Waals surface area (Å²) in [6, 6.07) is 19.1. The smallest absolute Gasteiger partial charge is 0.267 e. The van der Waals surface area contributed by atoms with Crippen molar-refractivity contribution in [1.29, 1.82) is 0 Å². The lowest BCUT2D eigenvalue weighted by Gasteiger charge is -2.06. The van der Waals surface area contributed by atoms with E-state index in [1.165, 1.54) is 6.07 Å². The van der Waals surface area contributed by atoms with Gasteiger partial charge in [-0.15, -0.1) is 10.2 Å². The van der Waals surface area contributed by atoms with E-state index in [0.717, 1.165) is 11.1 Å². The molecule has 30 heavy (non-hydrogen) atoms. The number of carbonyl (C=O) groups is 2. The molecule has 0 saturated heterocycles. The number of anilines is 1. The summed E-state index contributed by atoms with van der Waals surface area (Å²) in [5.74, 6) is -0.0213. The van der Waals surface area contributed by atoms with E-state index < -0.39 is 5.91 Å². The Balaban J connectivity index is 1.50. The number of aryl methyl sites for hydroxylation is 1. The van der Waals surface area contributed by atoms with Crippen LogP contribution in [-0.2, 0) is 0 Å². The summed E-state index contributed by atoms with van der Waals surface area (Å²) >= 11 is 0.